The van der Waals surface area contributed by atoms with Crippen molar-refractivity contribution in [3.05, 3.63) is 64.1 Å². The van der Waals surface area contributed by atoms with Crippen LogP contribution in [0.2, 0.25) is 0 Å². The number of ether oxygens (including phenoxy) is 1. The van der Waals surface area contributed by atoms with Gasteiger partial charge in [0.25, 0.3) is 0 Å². The molecule has 0 fully saturated rings. The van der Waals surface area contributed by atoms with Crippen molar-refractivity contribution < 1.29 is 9.53 Å². The van der Waals surface area contributed by atoms with Crippen molar-refractivity contribution >= 4 is 21.7 Å². The lowest BCUT2D eigenvalue weighted by Gasteiger charge is -2.07. The van der Waals surface area contributed by atoms with Crippen molar-refractivity contribution in [1.82, 2.24) is 0 Å². The smallest absolute Gasteiger partial charge is 0.170 e. The number of carbonyl (C=O) groups is 1. The van der Waals surface area contributed by atoms with E-state index in [2.05, 4.69) is 15.9 Å². The van der Waals surface area contributed by atoms with E-state index < -0.39 is 0 Å². The summed E-state index contributed by atoms with van der Waals surface area (Å²) in [6.07, 6.45) is 0.375. The van der Waals surface area contributed by atoms with E-state index in [1.165, 1.54) is 0 Å². The number of ketones is 1. The molecule has 0 aliphatic heterocycles. The van der Waals surface area contributed by atoms with Gasteiger partial charge in [-0.3, -0.25) is 4.79 Å². The first kappa shape index (κ1) is 12.8. The second-order valence-electron chi connectivity index (χ2n) is 3.93. The van der Waals surface area contributed by atoms with Gasteiger partial charge in [0, 0.05) is 10.9 Å². The molecule has 0 unspecified atom stereocenters. The van der Waals surface area contributed by atoms with Crippen LogP contribution in [0.4, 0.5) is 0 Å². The molecule has 0 amide bonds. The second kappa shape index (κ2) is 5.83. The minimum atomic E-state index is 0.0607. The summed E-state index contributed by atoms with van der Waals surface area (Å²) < 4.78 is 6.18. The molecule has 0 saturated heterocycles. The van der Waals surface area contributed by atoms with E-state index in [1.807, 2.05) is 36.4 Å². The number of methoxy groups -OCH3 is 1. The van der Waals surface area contributed by atoms with Gasteiger partial charge in [0.2, 0.25) is 0 Å². The van der Waals surface area contributed by atoms with E-state index in [-0.39, 0.29) is 5.78 Å². The Balaban J connectivity index is 2.22. The Morgan fingerprint density at radius 1 is 1.17 bits per heavy atom. The Kier molecular flexibility index (Phi) is 4.15. The first-order valence-corrected chi connectivity index (χ1v) is 6.40. The third-order valence-electron chi connectivity index (χ3n) is 2.66. The SMILES string of the molecule is COc1ccccc1C(=O)Cc1cccc(Br)c1. The minimum Gasteiger partial charge on any atom is -0.496 e. The molecule has 0 heterocycles. The maximum absolute atomic E-state index is 12.2. The van der Waals surface area contributed by atoms with Gasteiger partial charge in [-0.1, -0.05) is 40.2 Å². The van der Waals surface area contributed by atoms with Gasteiger partial charge in [0.05, 0.1) is 12.7 Å². The molecular weight excluding hydrogens is 292 g/mol. The highest BCUT2D eigenvalue weighted by Crippen LogP contribution is 2.20. The number of hydrogen-bond acceptors (Lipinski definition) is 2. The standard InChI is InChI=1S/C15H13BrO2/c1-18-15-8-3-2-7-13(15)14(17)10-11-5-4-6-12(16)9-11/h2-9H,10H2,1H3. The number of Topliss-reactive ketones (excluding diaryl/α,β-unsaturated/α-hetero) is 1. The van der Waals surface area contributed by atoms with Crippen LogP contribution in [0.5, 0.6) is 5.75 Å². The Labute approximate surface area is 115 Å². The van der Waals surface area contributed by atoms with Crippen LogP contribution in [0.25, 0.3) is 0 Å². The average molecular weight is 305 g/mol. The summed E-state index contributed by atoms with van der Waals surface area (Å²) in [5.41, 5.74) is 1.61. The van der Waals surface area contributed by atoms with Crippen LogP contribution in [-0.4, -0.2) is 12.9 Å². The predicted molar refractivity (Wildman–Crippen MR) is 75.2 cm³/mol. The Hall–Kier alpha value is -1.61. The van der Waals surface area contributed by atoms with Crippen molar-refractivity contribution in [3.63, 3.8) is 0 Å². The zero-order valence-corrected chi connectivity index (χ0v) is 11.6. The molecule has 2 aromatic rings. The fraction of sp³-hybridized carbons (Fsp3) is 0.133. The topological polar surface area (TPSA) is 26.3 Å². The number of halogens is 1. The maximum atomic E-state index is 12.2. The van der Waals surface area contributed by atoms with Crippen molar-refractivity contribution in [2.45, 2.75) is 6.42 Å². The monoisotopic (exact) mass is 304 g/mol. The molecule has 2 aromatic carbocycles. The van der Waals surface area contributed by atoms with Crippen LogP contribution < -0.4 is 4.74 Å². The molecule has 18 heavy (non-hydrogen) atoms. The molecule has 0 saturated carbocycles. The van der Waals surface area contributed by atoms with E-state index in [4.69, 9.17) is 4.74 Å². The van der Waals surface area contributed by atoms with Gasteiger partial charge >= 0.3 is 0 Å². The van der Waals surface area contributed by atoms with Crippen LogP contribution in [0.1, 0.15) is 15.9 Å². The summed E-state index contributed by atoms with van der Waals surface area (Å²) in [5.74, 6) is 0.683. The van der Waals surface area contributed by atoms with E-state index in [0.717, 1.165) is 10.0 Å². The fourth-order valence-electron chi connectivity index (χ4n) is 1.80. The molecule has 0 spiro atoms. The Morgan fingerprint density at radius 2 is 1.94 bits per heavy atom. The lowest BCUT2D eigenvalue weighted by Crippen LogP contribution is -2.05. The van der Waals surface area contributed by atoms with Crippen molar-refractivity contribution in [2.75, 3.05) is 7.11 Å². The summed E-state index contributed by atoms with van der Waals surface area (Å²) in [6.45, 7) is 0. The first-order valence-electron chi connectivity index (χ1n) is 5.61. The highest BCUT2D eigenvalue weighted by molar-refractivity contribution is 9.10. The summed E-state index contributed by atoms with van der Waals surface area (Å²) in [5, 5.41) is 0. The number of carbonyl (C=O) groups excluding carboxylic acids is 1. The van der Waals surface area contributed by atoms with Crippen LogP contribution >= 0.6 is 15.9 Å². The molecule has 0 N–H and O–H groups in total. The molecule has 0 aliphatic rings. The van der Waals surface area contributed by atoms with Gasteiger partial charge < -0.3 is 4.74 Å². The van der Waals surface area contributed by atoms with Crippen LogP contribution in [0.3, 0.4) is 0 Å². The molecule has 0 radical (unpaired) electrons. The van der Waals surface area contributed by atoms with Crippen molar-refractivity contribution in [1.29, 1.82) is 0 Å². The van der Waals surface area contributed by atoms with Gasteiger partial charge in [0.1, 0.15) is 5.75 Å². The highest BCUT2D eigenvalue weighted by atomic mass is 79.9. The van der Waals surface area contributed by atoms with Crippen LogP contribution in [0, 0.1) is 0 Å². The molecule has 0 aliphatic carbocycles. The van der Waals surface area contributed by atoms with Crippen molar-refractivity contribution in [3.8, 4) is 5.75 Å². The Bertz CT molecular complexity index is 564. The average Bonchev–Trinajstić information content (AvgIpc) is 2.38. The molecule has 0 aromatic heterocycles. The van der Waals surface area contributed by atoms with E-state index in [1.54, 1.807) is 19.2 Å². The lowest BCUT2D eigenvalue weighted by molar-refractivity contribution is 0.0990. The minimum absolute atomic E-state index is 0.0607. The quantitative estimate of drug-likeness (QED) is 0.801. The van der Waals surface area contributed by atoms with Crippen LogP contribution in [-0.2, 0) is 6.42 Å². The first-order chi connectivity index (χ1) is 8.70. The van der Waals surface area contributed by atoms with Crippen molar-refractivity contribution in [2.24, 2.45) is 0 Å². The number of para-hydroxylation sites is 1. The fourth-order valence-corrected chi connectivity index (χ4v) is 2.25. The van der Waals surface area contributed by atoms with Crippen LogP contribution in [0.15, 0.2) is 53.0 Å². The van der Waals surface area contributed by atoms with Gasteiger partial charge in [-0.2, -0.15) is 0 Å². The Morgan fingerprint density at radius 3 is 2.67 bits per heavy atom. The van der Waals surface area contributed by atoms with E-state index in [9.17, 15) is 4.79 Å². The highest BCUT2D eigenvalue weighted by Gasteiger charge is 2.12. The van der Waals surface area contributed by atoms with E-state index >= 15 is 0 Å². The maximum Gasteiger partial charge on any atom is 0.170 e. The molecule has 0 bridgehead atoms. The zero-order chi connectivity index (χ0) is 13.0. The number of benzene rings is 2. The molecule has 92 valence electrons. The van der Waals surface area contributed by atoms with E-state index in [0.29, 0.717) is 17.7 Å². The normalized spacial score (nSPS) is 10.1. The lowest BCUT2D eigenvalue weighted by atomic mass is 10.0. The molecule has 2 rings (SSSR count). The largest absolute Gasteiger partial charge is 0.496 e. The summed E-state index contributed by atoms with van der Waals surface area (Å²) in [6, 6.07) is 15.1. The molecule has 0 atom stereocenters. The van der Waals surface area contributed by atoms with Gasteiger partial charge in [0.15, 0.2) is 5.78 Å². The van der Waals surface area contributed by atoms with Gasteiger partial charge in [-0.25, -0.2) is 0 Å². The molecular formula is C15H13BrO2. The molecule has 2 nitrogen and oxygen atoms in total. The third-order valence-corrected chi connectivity index (χ3v) is 3.15. The van der Waals surface area contributed by atoms with Gasteiger partial charge in [-0.05, 0) is 29.8 Å². The summed E-state index contributed by atoms with van der Waals surface area (Å²) in [7, 11) is 1.57. The third kappa shape index (κ3) is 2.99. The zero-order valence-electron chi connectivity index (χ0n) is 10.0. The summed E-state index contributed by atoms with van der Waals surface area (Å²) >= 11 is 3.40. The predicted octanol–water partition coefficient (Wildman–Crippen LogP) is 3.88. The molecule has 3 heteroatoms. The van der Waals surface area contributed by atoms with Gasteiger partial charge in [-0.15, -0.1) is 0 Å². The number of hydrogen-bond donors (Lipinski definition) is 0. The number of rotatable bonds is 4. The second-order valence-corrected chi connectivity index (χ2v) is 4.85. The summed E-state index contributed by atoms with van der Waals surface area (Å²) in [4.78, 5) is 12.2.